The second-order valence-corrected chi connectivity index (χ2v) is 3.75. The molecule has 0 bridgehead atoms. The van der Waals surface area contributed by atoms with E-state index in [9.17, 15) is 8.78 Å². The molecule has 0 saturated carbocycles. The molecule has 0 radical (unpaired) electrons. The van der Waals surface area contributed by atoms with Crippen LogP contribution in [0.25, 0.3) is 10.8 Å². The minimum absolute atomic E-state index is 0.329. The molecule has 4 heteroatoms. The van der Waals surface area contributed by atoms with E-state index in [1.54, 1.807) is 30.6 Å². The van der Waals surface area contributed by atoms with Crippen LogP contribution in [0.2, 0.25) is 0 Å². The van der Waals surface area contributed by atoms with Gasteiger partial charge in [0.1, 0.15) is 0 Å². The molecule has 0 aliphatic heterocycles. The van der Waals surface area contributed by atoms with Gasteiger partial charge in [0, 0.05) is 24.2 Å². The van der Waals surface area contributed by atoms with Crippen LogP contribution < -0.4 is 5.73 Å². The van der Waals surface area contributed by atoms with Crippen molar-refractivity contribution in [2.24, 2.45) is 5.73 Å². The fourth-order valence-electron chi connectivity index (χ4n) is 1.69. The standard InChI is InChI=1S/C12H12F2N2/c13-12(14,8-15)6-9-2-1-3-10-7-16-5-4-11(9)10/h1-5,7H,6,8,15H2. The Balaban J connectivity index is 2.45. The molecule has 2 N–H and O–H groups in total. The Morgan fingerprint density at radius 3 is 2.81 bits per heavy atom. The van der Waals surface area contributed by atoms with Gasteiger partial charge in [-0.25, -0.2) is 8.78 Å². The van der Waals surface area contributed by atoms with Crippen LogP contribution in [-0.2, 0) is 6.42 Å². The van der Waals surface area contributed by atoms with E-state index in [0.29, 0.717) is 5.56 Å². The minimum Gasteiger partial charge on any atom is -0.325 e. The number of hydrogen-bond donors (Lipinski definition) is 1. The predicted molar refractivity (Wildman–Crippen MR) is 59.4 cm³/mol. The Hall–Kier alpha value is -1.55. The molecule has 2 rings (SSSR count). The van der Waals surface area contributed by atoms with Gasteiger partial charge in [0.2, 0.25) is 0 Å². The minimum atomic E-state index is -2.85. The summed E-state index contributed by atoms with van der Waals surface area (Å²) >= 11 is 0. The van der Waals surface area contributed by atoms with Gasteiger partial charge in [0.25, 0.3) is 5.92 Å². The van der Waals surface area contributed by atoms with Crippen LogP contribution in [0.15, 0.2) is 36.7 Å². The zero-order valence-corrected chi connectivity index (χ0v) is 8.66. The first-order chi connectivity index (χ1) is 7.62. The van der Waals surface area contributed by atoms with E-state index in [-0.39, 0.29) is 6.42 Å². The molecular weight excluding hydrogens is 210 g/mol. The molecular formula is C12H12F2N2. The molecule has 16 heavy (non-hydrogen) atoms. The van der Waals surface area contributed by atoms with Gasteiger partial charge >= 0.3 is 0 Å². The maximum absolute atomic E-state index is 13.2. The number of aromatic nitrogens is 1. The summed E-state index contributed by atoms with van der Waals surface area (Å²) in [7, 11) is 0. The van der Waals surface area contributed by atoms with Crippen LogP contribution in [0, 0.1) is 0 Å². The summed E-state index contributed by atoms with van der Waals surface area (Å²) in [5, 5.41) is 1.68. The fraction of sp³-hybridized carbons (Fsp3) is 0.250. The maximum atomic E-state index is 13.2. The van der Waals surface area contributed by atoms with Crippen molar-refractivity contribution in [3.63, 3.8) is 0 Å². The van der Waals surface area contributed by atoms with Crippen molar-refractivity contribution in [1.29, 1.82) is 0 Å². The molecule has 0 atom stereocenters. The van der Waals surface area contributed by atoms with Gasteiger partial charge in [0.15, 0.2) is 0 Å². The zero-order valence-electron chi connectivity index (χ0n) is 8.66. The fourth-order valence-corrected chi connectivity index (χ4v) is 1.69. The number of benzene rings is 1. The summed E-state index contributed by atoms with van der Waals surface area (Å²) in [6.07, 6.45) is 2.94. The number of alkyl halides is 2. The lowest BCUT2D eigenvalue weighted by Crippen LogP contribution is -2.30. The van der Waals surface area contributed by atoms with Crippen LogP contribution in [0.3, 0.4) is 0 Å². The van der Waals surface area contributed by atoms with Gasteiger partial charge in [0.05, 0.1) is 6.54 Å². The van der Waals surface area contributed by atoms with E-state index in [2.05, 4.69) is 4.98 Å². The van der Waals surface area contributed by atoms with Crippen LogP contribution in [0.1, 0.15) is 5.56 Å². The first kappa shape index (κ1) is 11.0. The summed E-state index contributed by atoms with van der Waals surface area (Å²) in [4.78, 5) is 3.96. The Morgan fingerprint density at radius 2 is 2.06 bits per heavy atom. The molecule has 0 unspecified atom stereocenters. The molecule has 0 spiro atoms. The molecule has 0 aliphatic carbocycles. The van der Waals surface area contributed by atoms with Gasteiger partial charge in [-0.2, -0.15) is 0 Å². The zero-order chi connectivity index (χ0) is 11.6. The third-order valence-electron chi connectivity index (χ3n) is 2.52. The van der Waals surface area contributed by atoms with E-state index in [0.717, 1.165) is 10.8 Å². The lowest BCUT2D eigenvalue weighted by molar-refractivity contribution is 0.0118. The SMILES string of the molecule is NCC(F)(F)Cc1cccc2cnccc12. The summed E-state index contributed by atoms with van der Waals surface area (Å²) in [5.74, 6) is -2.85. The topological polar surface area (TPSA) is 38.9 Å². The molecule has 1 aromatic carbocycles. The van der Waals surface area contributed by atoms with Gasteiger partial charge in [-0.05, 0) is 17.0 Å². The Bertz CT molecular complexity index is 492. The van der Waals surface area contributed by atoms with E-state index < -0.39 is 12.5 Å². The van der Waals surface area contributed by atoms with E-state index in [4.69, 9.17) is 5.73 Å². The largest absolute Gasteiger partial charge is 0.325 e. The summed E-state index contributed by atoms with van der Waals surface area (Å²) in [6, 6.07) is 7.06. The first-order valence-corrected chi connectivity index (χ1v) is 5.02. The van der Waals surface area contributed by atoms with Crippen LogP contribution in [0.5, 0.6) is 0 Å². The Kier molecular flexibility index (Phi) is 2.83. The van der Waals surface area contributed by atoms with Crippen molar-refractivity contribution < 1.29 is 8.78 Å². The molecule has 0 fully saturated rings. The van der Waals surface area contributed by atoms with Crippen molar-refractivity contribution in [2.45, 2.75) is 12.3 Å². The maximum Gasteiger partial charge on any atom is 0.264 e. The van der Waals surface area contributed by atoms with Crippen LogP contribution >= 0.6 is 0 Å². The van der Waals surface area contributed by atoms with Crippen LogP contribution in [0.4, 0.5) is 8.78 Å². The van der Waals surface area contributed by atoms with Gasteiger partial charge in [-0.15, -0.1) is 0 Å². The number of rotatable bonds is 3. The summed E-state index contributed by atoms with van der Waals surface area (Å²) in [6.45, 7) is -0.630. The lowest BCUT2D eigenvalue weighted by Gasteiger charge is -2.15. The van der Waals surface area contributed by atoms with Gasteiger partial charge < -0.3 is 5.73 Å². The van der Waals surface area contributed by atoms with E-state index in [1.807, 2.05) is 6.07 Å². The summed E-state index contributed by atoms with van der Waals surface area (Å²) in [5.41, 5.74) is 5.64. The normalized spacial score (nSPS) is 11.9. The second-order valence-electron chi connectivity index (χ2n) is 3.75. The van der Waals surface area contributed by atoms with Gasteiger partial charge in [-0.3, -0.25) is 4.98 Å². The molecule has 2 aromatic rings. The van der Waals surface area contributed by atoms with Crippen molar-refractivity contribution in [3.8, 4) is 0 Å². The smallest absolute Gasteiger partial charge is 0.264 e. The number of fused-ring (bicyclic) bond motifs is 1. The Labute approximate surface area is 92.1 Å². The summed E-state index contributed by atoms with van der Waals surface area (Å²) < 4.78 is 26.5. The average molecular weight is 222 g/mol. The third kappa shape index (κ3) is 2.17. The lowest BCUT2D eigenvalue weighted by atomic mass is 10.0. The van der Waals surface area contributed by atoms with Crippen LogP contribution in [-0.4, -0.2) is 17.5 Å². The number of pyridine rings is 1. The number of nitrogens with two attached hydrogens (primary N) is 1. The van der Waals surface area contributed by atoms with Crippen molar-refractivity contribution in [1.82, 2.24) is 4.98 Å². The number of halogens is 2. The Morgan fingerprint density at radius 1 is 1.25 bits per heavy atom. The van der Waals surface area contributed by atoms with Gasteiger partial charge in [-0.1, -0.05) is 18.2 Å². The van der Waals surface area contributed by atoms with E-state index in [1.165, 1.54) is 0 Å². The molecule has 1 heterocycles. The highest BCUT2D eigenvalue weighted by Gasteiger charge is 2.27. The van der Waals surface area contributed by atoms with Crippen molar-refractivity contribution in [2.75, 3.05) is 6.54 Å². The predicted octanol–water partition coefficient (Wildman–Crippen LogP) is 2.37. The highest BCUT2D eigenvalue weighted by atomic mass is 19.3. The second kappa shape index (κ2) is 4.14. The molecule has 1 aromatic heterocycles. The molecule has 0 aliphatic rings. The third-order valence-corrected chi connectivity index (χ3v) is 2.52. The van der Waals surface area contributed by atoms with E-state index >= 15 is 0 Å². The van der Waals surface area contributed by atoms with Crippen molar-refractivity contribution in [3.05, 3.63) is 42.2 Å². The quantitative estimate of drug-likeness (QED) is 0.865. The highest BCUT2D eigenvalue weighted by molar-refractivity contribution is 5.84. The average Bonchev–Trinajstić information content (AvgIpc) is 2.29. The molecule has 0 amide bonds. The highest BCUT2D eigenvalue weighted by Crippen LogP contribution is 2.24. The molecule has 0 saturated heterocycles. The molecule has 84 valence electrons. The van der Waals surface area contributed by atoms with Crippen molar-refractivity contribution >= 4 is 10.8 Å². The first-order valence-electron chi connectivity index (χ1n) is 5.02. The number of nitrogens with zero attached hydrogens (tertiary/aromatic N) is 1. The monoisotopic (exact) mass is 222 g/mol. The molecule has 2 nitrogen and oxygen atoms in total. The number of hydrogen-bond acceptors (Lipinski definition) is 2.